The van der Waals surface area contributed by atoms with Crippen LogP contribution in [0.2, 0.25) is 0 Å². The summed E-state index contributed by atoms with van der Waals surface area (Å²) in [7, 11) is 2.11. The Bertz CT molecular complexity index is 456. The predicted octanol–water partition coefficient (Wildman–Crippen LogP) is 3.99. The van der Waals surface area contributed by atoms with E-state index in [9.17, 15) is 0 Å². The minimum atomic E-state index is 0.391. The van der Waals surface area contributed by atoms with Crippen LogP contribution >= 0.6 is 0 Å². The Labute approximate surface area is 122 Å². The van der Waals surface area contributed by atoms with Crippen LogP contribution in [0.25, 0.3) is 0 Å². The molecule has 1 spiro atoms. The van der Waals surface area contributed by atoms with Crippen molar-refractivity contribution in [3.05, 3.63) is 29.3 Å². The molecule has 2 saturated carbocycles. The van der Waals surface area contributed by atoms with Crippen LogP contribution in [0.1, 0.15) is 49.7 Å². The first-order chi connectivity index (χ1) is 9.67. The summed E-state index contributed by atoms with van der Waals surface area (Å²) in [4.78, 5) is 0. The normalized spacial score (nSPS) is 28.1. The molecule has 0 aliphatic heterocycles. The van der Waals surface area contributed by atoms with Gasteiger partial charge in [-0.15, -0.1) is 0 Å². The Morgan fingerprint density at radius 3 is 2.35 bits per heavy atom. The lowest BCUT2D eigenvalue weighted by Crippen LogP contribution is -2.64. The third-order valence-corrected chi connectivity index (χ3v) is 5.59. The van der Waals surface area contributed by atoms with Crippen molar-refractivity contribution in [2.45, 2.75) is 64.5 Å². The van der Waals surface area contributed by atoms with Gasteiger partial charge in [0.25, 0.3) is 0 Å². The minimum absolute atomic E-state index is 0.391. The maximum absolute atomic E-state index is 6.50. The molecular weight excluding hydrogens is 246 g/mol. The van der Waals surface area contributed by atoms with Crippen LogP contribution in [0.5, 0.6) is 5.75 Å². The zero-order valence-corrected chi connectivity index (χ0v) is 13.0. The van der Waals surface area contributed by atoms with Gasteiger partial charge < -0.3 is 10.1 Å². The van der Waals surface area contributed by atoms with Gasteiger partial charge in [-0.2, -0.15) is 0 Å². The van der Waals surface area contributed by atoms with Gasteiger partial charge in [-0.05, 0) is 44.9 Å². The average Bonchev–Trinajstić information content (AvgIpc) is 2.46. The average molecular weight is 273 g/mol. The van der Waals surface area contributed by atoms with Gasteiger partial charge in [0.1, 0.15) is 11.9 Å². The number of aryl methyl sites for hydroxylation is 2. The second-order valence-corrected chi connectivity index (χ2v) is 6.70. The maximum atomic E-state index is 6.50. The summed E-state index contributed by atoms with van der Waals surface area (Å²) >= 11 is 0. The Kier molecular flexibility index (Phi) is 3.76. The quantitative estimate of drug-likeness (QED) is 0.899. The molecule has 2 fully saturated rings. The largest absolute Gasteiger partial charge is 0.489 e. The fourth-order valence-corrected chi connectivity index (χ4v) is 4.33. The standard InChI is InChI=1S/C18H27NO/c1-13-8-7-9-14(2)17(13)20-16-12-15(19-3)18(16)10-5-4-6-11-18/h7-9,15-16,19H,4-6,10-12H2,1-3H3. The summed E-state index contributed by atoms with van der Waals surface area (Å²) in [5, 5.41) is 3.53. The summed E-state index contributed by atoms with van der Waals surface area (Å²) in [6.45, 7) is 4.31. The number of hydrogen-bond donors (Lipinski definition) is 1. The monoisotopic (exact) mass is 273 g/mol. The molecule has 110 valence electrons. The molecule has 2 aliphatic rings. The van der Waals surface area contributed by atoms with Crippen LogP contribution in [-0.2, 0) is 0 Å². The summed E-state index contributed by atoms with van der Waals surface area (Å²) in [5.74, 6) is 1.12. The van der Waals surface area contributed by atoms with Crippen molar-refractivity contribution in [1.82, 2.24) is 5.32 Å². The van der Waals surface area contributed by atoms with Crippen molar-refractivity contribution in [1.29, 1.82) is 0 Å². The number of hydrogen-bond acceptors (Lipinski definition) is 2. The van der Waals surface area contributed by atoms with Crippen molar-refractivity contribution < 1.29 is 4.74 Å². The van der Waals surface area contributed by atoms with E-state index in [1.165, 1.54) is 43.2 Å². The lowest BCUT2D eigenvalue weighted by Gasteiger charge is -2.57. The lowest BCUT2D eigenvalue weighted by atomic mass is 9.55. The van der Waals surface area contributed by atoms with E-state index in [0.29, 0.717) is 17.6 Å². The summed E-state index contributed by atoms with van der Waals surface area (Å²) in [5.41, 5.74) is 2.93. The molecule has 1 aromatic carbocycles. The van der Waals surface area contributed by atoms with Crippen molar-refractivity contribution in [3.8, 4) is 5.75 Å². The summed E-state index contributed by atoms with van der Waals surface area (Å²) in [6, 6.07) is 7.08. The van der Waals surface area contributed by atoms with Gasteiger partial charge in [0.15, 0.2) is 0 Å². The Balaban J connectivity index is 1.80. The minimum Gasteiger partial charge on any atom is -0.489 e. The van der Waals surface area contributed by atoms with Crippen LogP contribution < -0.4 is 10.1 Å². The van der Waals surface area contributed by atoms with Crippen LogP contribution in [-0.4, -0.2) is 19.2 Å². The van der Waals surface area contributed by atoms with Crippen LogP contribution in [0.4, 0.5) is 0 Å². The van der Waals surface area contributed by atoms with Crippen LogP contribution in [0, 0.1) is 19.3 Å². The molecule has 3 rings (SSSR count). The number of para-hydroxylation sites is 1. The number of nitrogens with one attached hydrogen (secondary N) is 1. The van der Waals surface area contributed by atoms with Crippen molar-refractivity contribution >= 4 is 0 Å². The van der Waals surface area contributed by atoms with Crippen molar-refractivity contribution in [2.75, 3.05) is 7.05 Å². The molecular formula is C18H27NO. The maximum Gasteiger partial charge on any atom is 0.125 e. The molecule has 2 aliphatic carbocycles. The topological polar surface area (TPSA) is 21.3 Å². The summed E-state index contributed by atoms with van der Waals surface area (Å²) < 4.78 is 6.50. The molecule has 0 heterocycles. The number of benzene rings is 1. The smallest absolute Gasteiger partial charge is 0.125 e. The molecule has 0 bridgehead atoms. The molecule has 1 aromatic rings. The number of ether oxygens (including phenoxy) is 1. The van der Waals surface area contributed by atoms with Gasteiger partial charge in [0, 0.05) is 17.9 Å². The Hall–Kier alpha value is -1.02. The molecule has 0 saturated heterocycles. The second-order valence-electron chi connectivity index (χ2n) is 6.70. The first kappa shape index (κ1) is 13.9. The van der Waals surface area contributed by atoms with Gasteiger partial charge in [0.2, 0.25) is 0 Å². The highest BCUT2D eigenvalue weighted by Crippen LogP contribution is 2.53. The zero-order chi connectivity index (χ0) is 14.2. The third kappa shape index (κ3) is 2.14. The Morgan fingerprint density at radius 1 is 1.10 bits per heavy atom. The molecule has 2 heteroatoms. The number of rotatable bonds is 3. The first-order valence-electron chi connectivity index (χ1n) is 8.07. The highest BCUT2D eigenvalue weighted by atomic mass is 16.5. The van der Waals surface area contributed by atoms with E-state index in [1.807, 2.05) is 0 Å². The van der Waals surface area contributed by atoms with E-state index in [-0.39, 0.29) is 0 Å². The summed E-state index contributed by atoms with van der Waals surface area (Å²) in [6.07, 6.45) is 8.34. The van der Waals surface area contributed by atoms with E-state index >= 15 is 0 Å². The lowest BCUT2D eigenvalue weighted by molar-refractivity contribution is -0.101. The van der Waals surface area contributed by atoms with Gasteiger partial charge in [-0.25, -0.2) is 0 Å². The van der Waals surface area contributed by atoms with E-state index < -0.39 is 0 Å². The molecule has 1 N–H and O–H groups in total. The van der Waals surface area contributed by atoms with E-state index in [0.717, 1.165) is 12.2 Å². The first-order valence-corrected chi connectivity index (χ1v) is 8.07. The van der Waals surface area contributed by atoms with E-state index in [2.05, 4.69) is 44.4 Å². The molecule has 2 atom stereocenters. The molecule has 0 aromatic heterocycles. The Morgan fingerprint density at radius 2 is 1.75 bits per heavy atom. The van der Waals surface area contributed by atoms with Crippen LogP contribution in [0.3, 0.4) is 0 Å². The highest BCUT2D eigenvalue weighted by molar-refractivity contribution is 5.40. The highest BCUT2D eigenvalue weighted by Gasteiger charge is 2.56. The fraction of sp³-hybridized carbons (Fsp3) is 0.667. The fourth-order valence-electron chi connectivity index (χ4n) is 4.33. The third-order valence-electron chi connectivity index (χ3n) is 5.59. The zero-order valence-electron chi connectivity index (χ0n) is 13.0. The van der Waals surface area contributed by atoms with Crippen LogP contribution in [0.15, 0.2) is 18.2 Å². The van der Waals surface area contributed by atoms with E-state index in [4.69, 9.17) is 4.74 Å². The molecule has 0 radical (unpaired) electrons. The van der Waals surface area contributed by atoms with Gasteiger partial charge in [-0.3, -0.25) is 0 Å². The molecule has 20 heavy (non-hydrogen) atoms. The van der Waals surface area contributed by atoms with Gasteiger partial charge in [-0.1, -0.05) is 37.5 Å². The molecule has 2 unspecified atom stereocenters. The van der Waals surface area contributed by atoms with Gasteiger partial charge in [0.05, 0.1) is 0 Å². The predicted molar refractivity (Wildman–Crippen MR) is 83.3 cm³/mol. The van der Waals surface area contributed by atoms with Crippen molar-refractivity contribution in [3.63, 3.8) is 0 Å². The van der Waals surface area contributed by atoms with Gasteiger partial charge >= 0.3 is 0 Å². The molecule has 2 nitrogen and oxygen atoms in total. The molecule has 0 amide bonds. The van der Waals surface area contributed by atoms with E-state index in [1.54, 1.807) is 0 Å². The SMILES string of the molecule is CNC1CC(Oc2c(C)cccc2C)C12CCCCC2. The second kappa shape index (κ2) is 5.40. The van der Waals surface area contributed by atoms with Crippen molar-refractivity contribution in [2.24, 2.45) is 5.41 Å².